The fraction of sp³-hybridized carbons (Fsp3) is 0.300. The van der Waals surface area contributed by atoms with Crippen LogP contribution >= 0.6 is 0 Å². The first-order valence-corrected chi connectivity index (χ1v) is 10.3. The second-order valence-corrected chi connectivity index (χ2v) is 8.01. The van der Waals surface area contributed by atoms with Crippen LogP contribution in [0, 0.1) is 13.8 Å². The summed E-state index contributed by atoms with van der Waals surface area (Å²) in [5, 5.41) is 2.56. The molecule has 2 aromatic rings. The van der Waals surface area contributed by atoms with E-state index in [-0.39, 0.29) is 16.1 Å². The van der Waals surface area contributed by atoms with E-state index in [1.807, 2.05) is 6.07 Å². The first kappa shape index (κ1) is 21.4. The zero-order valence-electron chi connectivity index (χ0n) is 16.3. The van der Waals surface area contributed by atoms with Crippen molar-refractivity contribution in [2.75, 3.05) is 11.3 Å². The molecule has 7 nitrogen and oxygen atoms in total. The predicted octanol–water partition coefficient (Wildman–Crippen LogP) is 2.79. The van der Waals surface area contributed by atoms with Crippen LogP contribution in [0.2, 0.25) is 0 Å². The molecule has 0 bridgehead atoms. The third-order valence-corrected chi connectivity index (χ3v) is 5.54. The number of sulfonamides is 1. The van der Waals surface area contributed by atoms with Gasteiger partial charge in [-0.2, -0.15) is 0 Å². The topological polar surface area (TPSA) is 102 Å². The Morgan fingerprint density at radius 2 is 1.79 bits per heavy atom. The highest BCUT2D eigenvalue weighted by Gasteiger charge is 2.23. The van der Waals surface area contributed by atoms with E-state index in [1.165, 1.54) is 19.1 Å². The molecule has 2 N–H and O–H groups in total. The number of para-hydroxylation sites is 1. The number of hydrogen-bond donors (Lipinski definition) is 2. The van der Waals surface area contributed by atoms with Crippen molar-refractivity contribution in [2.45, 2.75) is 38.7 Å². The van der Waals surface area contributed by atoms with Gasteiger partial charge in [-0.1, -0.05) is 24.3 Å². The summed E-state index contributed by atoms with van der Waals surface area (Å²) in [5.74, 6) is -1.22. The minimum absolute atomic E-state index is 0.0209. The van der Waals surface area contributed by atoms with Crippen molar-refractivity contribution in [3.05, 3.63) is 59.2 Å². The van der Waals surface area contributed by atoms with Crippen LogP contribution in [0.25, 0.3) is 0 Å². The number of amides is 1. The molecule has 0 heterocycles. The third-order valence-electron chi connectivity index (χ3n) is 4.03. The van der Waals surface area contributed by atoms with Gasteiger partial charge in [0.1, 0.15) is 0 Å². The molecule has 1 amide bonds. The van der Waals surface area contributed by atoms with Gasteiger partial charge in [0, 0.05) is 6.54 Å². The molecule has 0 aromatic heterocycles. The Hall–Kier alpha value is -2.87. The average molecular weight is 404 g/mol. The highest BCUT2D eigenvalue weighted by molar-refractivity contribution is 7.92. The van der Waals surface area contributed by atoms with E-state index in [0.717, 1.165) is 5.56 Å². The Kier molecular flexibility index (Phi) is 6.80. The van der Waals surface area contributed by atoms with E-state index in [1.54, 1.807) is 45.0 Å². The van der Waals surface area contributed by atoms with Crippen molar-refractivity contribution in [3.8, 4) is 0 Å². The smallest absolute Gasteiger partial charge is 0.341 e. The van der Waals surface area contributed by atoms with Crippen molar-refractivity contribution in [1.82, 2.24) is 5.32 Å². The third kappa shape index (κ3) is 5.10. The van der Waals surface area contributed by atoms with Crippen LogP contribution in [-0.4, -0.2) is 32.9 Å². The first-order valence-electron chi connectivity index (χ1n) is 8.83. The summed E-state index contributed by atoms with van der Waals surface area (Å²) in [6.07, 6.45) is -1.00. The summed E-state index contributed by atoms with van der Waals surface area (Å²) in [5.41, 5.74) is 1.49. The SMILES string of the molecule is CCNC(=O)[C@@H](C)OC(=O)c1ccccc1NS(=O)(=O)c1cc(C)ccc1C. The fourth-order valence-electron chi connectivity index (χ4n) is 2.54. The molecule has 2 aromatic carbocycles. The Bertz CT molecular complexity index is 986. The van der Waals surface area contributed by atoms with E-state index >= 15 is 0 Å². The Labute approximate surface area is 165 Å². The van der Waals surface area contributed by atoms with Crippen LogP contribution < -0.4 is 10.0 Å². The monoisotopic (exact) mass is 404 g/mol. The molecular weight excluding hydrogens is 380 g/mol. The highest BCUT2D eigenvalue weighted by Crippen LogP contribution is 2.24. The first-order chi connectivity index (χ1) is 13.2. The van der Waals surface area contributed by atoms with E-state index in [9.17, 15) is 18.0 Å². The number of rotatable bonds is 7. The number of aryl methyl sites for hydroxylation is 2. The predicted molar refractivity (Wildman–Crippen MR) is 107 cm³/mol. The maximum atomic E-state index is 12.8. The normalized spacial score (nSPS) is 12.1. The van der Waals surface area contributed by atoms with E-state index in [4.69, 9.17) is 4.74 Å². The number of carbonyl (C=O) groups excluding carboxylic acids is 2. The second-order valence-electron chi connectivity index (χ2n) is 6.36. The maximum Gasteiger partial charge on any atom is 0.341 e. The lowest BCUT2D eigenvalue weighted by Gasteiger charge is -2.16. The lowest BCUT2D eigenvalue weighted by molar-refractivity contribution is -0.128. The Morgan fingerprint density at radius 1 is 1.11 bits per heavy atom. The molecule has 0 saturated heterocycles. The van der Waals surface area contributed by atoms with Gasteiger partial charge in [0.15, 0.2) is 6.10 Å². The molecule has 0 aliphatic rings. The molecule has 0 radical (unpaired) electrons. The van der Waals surface area contributed by atoms with E-state index in [2.05, 4.69) is 10.0 Å². The summed E-state index contributed by atoms with van der Waals surface area (Å²) < 4.78 is 33.3. The van der Waals surface area contributed by atoms with Gasteiger partial charge in [-0.05, 0) is 57.0 Å². The van der Waals surface area contributed by atoms with E-state index in [0.29, 0.717) is 12.1 Å². The van der Waals surface area contributed by atoms with Crippen molar-refractivity contribution in [2.24, 2.45) is 0 Å². The van der Waals surface area contributed by atoms with Gasteiger partial charge in [0.2, 0.25) is 0 Å². The minimum Gasteiger partial charge on any atom is -0.449 e. The highest BCUT2D eigenvalue weighted by atomic mass is 32.2. The summed E-state index contributed by atoms with van der Waals surface area (Å²) in [6, 6.07) is 11.2. The molecule has 0 aliphatic carbocycles. The number of nitrogens with one attached hydrogen (secondary N) is 2. The van der Waals surface area contributed by atoms with Crippen LogP contribution in [0.5, 0.6) is 0 Å². The van der Waals surface area contributed by atoms with Crippen LogP contribution in [0.15, 0.2) is 47.4 Å². The van der Waals surface area contributed by atoms with Gasteiger partial charge in [-0.25, -0.2) is 13.2 Å². The lowest BCUT2D eigenvalue weighted by atomic mass is 10.2. The van der Waals surface area contributed by atoms with Crippen molar-refractivity contribution >= 4 is 27.6 Å². The number of ether oxygens (including phenoxy) is 1. The summed E-state index contributed by atoms with van der Waals surface area (Å²) >= 11 is 0. The van der Waals surface area contributed by atoms with Crippen molar-refractivity contribution in [3.63, 3.8) is 0 Å². The van der Waals surface area contributed by atoms with Crippen LogP contribution in [0.1, 0.15) is 35.3 Å². The van der Waals surface area contributed by atoms with E-state index < -0.39 is 28.0 Å². The molecule has 150 valence electrons. The van der Waals surface area contributed by atoms with Gasteiger partial charge >= 0.3 is 5.97 Å². The maximum absolute atomic E-state index is 12.8. The summed E-state index contributed by atoms with van der Waals surface area (Å²) in [6.45, 7) is 7.11. The fourth-order valence-corrected chi connectivity index (χ4v) is 3.95. The van der Waals surface area contributed by atoms with Crippen LogP contribution in [0.3, 0.4) is 0 Å². The molecule has 2 rings (SSSR count). The number of hydrogen-bond acceptors (Lipinski definition) is 5. The van der Waals surface area contributed by atoms with Crippen molar-refractivity contribution < 1.29 is 22.7 Å². The number of esters is 1. The zero-order chi connectivity index (χ0) is 20.9. The largest absolute Gasteiger partial charge is 0.449 e. The second kappa shape index (κ2) is 8.88. The molecule has 0 fully saturated rings. The summed E-state index contributed by atoms with van der Waals surface area (Å²) in [4.78, 5) is 24.4. The number of likely N-dealkylation sites (N-methyl/N-ethyl adjacent to an activating group) is 1. The molecule has 0 aliphatic heterocycles. The van der Waals surface area contributed by atoms with Gasteiger partial charge in [-0.15, -0.1) is 0 Å². The van der Waals surface area contributed by atoms with Crippen molar-refractivity contribution in [1.29, 1.82) is 0 Å². The molecule has 0 unspecified atom stereocenters. The van der Waals surface area contributed by atoms with Crippen LogP contribution in [-0.2, 0) is 19.6 Å². The number of anilines is 1. The summed E-state index contributed by atoms with van der Waals surface area (Å²) in [7, 11) is -3.91. The average Bonchev–Trinajstić information content (AvgIpc) is 2.63. The molecule has 28 heavy (non-hydrogen) atoms. The standard InChI is InChI=1S/C20H24N2O5S/c1-5-21-19(23)15(4)27-20(24)16-8-6-7-9-17(16)22-28(25,26)18-12-13(2)10-11-14(18)3/h6-12,15,22H,5H2,1-4H3,(H,21,23)/t15-/m1/s1. The molecule has 1 atom stereocenters. The zero-order valence-corrected chi connectivity index (χ0v) is 17.1. The Balaban J connectivity index is 2.30. The molecule has 8 heteroatoms. The molecule has 0 saturated carbocycles. The molecule has 0 spiro atoms. The van der Waals surface area contributed by atoms with Gasteiger partial charge in [0.05, 0.1) is 16.1 Å². The number of carbonyl (C=O) groups is 2. The number of benzene rings is 2. The Morgan fingerprint density at radius 3 is 2.46 bits per heavy atom. The minimum atomic E-state index is -3.91. The van der Waals surface area contributed by atoms with Crippen LogP contribution in [0.4, 0.5) is 5.69 Å². The molecular formula is C20H24N2O5S. The van der Waals surface area contributed by atoms with Gasteiger partial charge in [-0.3, -0.25) is 9.52 Å². The van der Waals surface area contributed by atoms with Gasteiger partial charge < -0.3 is 10.1 Å². The van der Waals surface area contributed by atoms with Gasteiger partial charge in [0.25, 0.3) is 15.9 Å². The quantitative estimate of drug-likeness (QED) is 0.691. The lowest BCUT2D eigenvalue weighted by Crippen LogP contribution is -2.35.